The predicted octanol–water partition coefficient (Wildman–Crippen LogP) is 1.01. The van der Waals surface area contributed by atoms with Crippen molar-refractivity contribution in [1.29, 1.82) is 0 Å². The van der Waals surface area contributed by atoms with Crippen molar-refractivity contribution >= 4 is 23.6 Å². The van der Waals surface area contributed by atoms with Crippen LogP contribution >= 0.6 is 0 Å². The van der Waals surface area contributed by atoms with Crippen LogP contribution in [0.1, 0.15) is 23.2 Å². The van der Waals surface area contributed by atoms with Gasteiger partial charge in [0, 0.05) is 71.0 Å². The molecule has 2 amide bonds. The fourth-order valence-electron chi connectivity index (χ4n) is 3.76. The molecule has 0 atom stereocenters. The van der Waals surface area contributed by atoms with Crippen LogP contribution in [0.15, 0.2) is 28.9 Å². The first-order chi connectivity index (χ1) is 14.0. The maximum atomic E-state index is 12.4. The summed E-state index contributed by atoms with van der Waals surface area (Å²) in [6.07, 6.45) is 1.52. The van der Waals surface area contributed by atoms with Gasteiger partial charge in [0.2, 0.25) is 11.9 Å². The number of piperazine rings is 2. The van der Waals surface area contributed by atoms with Crippen LogP contribution in [-0.4, -0.2) is 83.9 Å². The molecular weight excluding hydrogens is 372 g/mol. The molecule has 29 heavy (non-hydrogen) atoms. The van der Waals surface area contributed by atoms with Gasteiger partial charge < -0.3 is 24.0 Å². The molecular formula is C20H26N6O3. The Labute approximate surface area is 169 Å². The highest BCUT2D eigenvalue weighted by Gasteiger charge is 2.26. The normalized spacial score (nSPS) is 17.6. The average molecular weight is 398 g/mol. The van der Waals surface area contributed by atoms with E-state index in [1.54, 1.807) is 24.0 Å². The lowest BCUT2D eigenvalue weighted by molar-refractivity contribution is -0.129. The molecule has 0 radical (unpaired) electrons. The zero-order chi connectivity index (χ0) is 20.4. The Balaban J connectivity index is 1.41. The average Bonchev–Trinajstić information content (AvgIpc) is 3.28. The summed E-state index contributed by atoms with van der Waals surface area (Å²) in [5.74, 6) is 2.00. The fourth-order valence-corrected chi connectivity index (χ4v) is 3.76. The van der Waals surface area contributed by atoms with E-state index >= 15 is 0 Å². The molecule has 2 aromatic heterocycles. The number of anilines is 2. The Morgan fingerprint density at radius 3 is 2.21 bits per heavy atom. The molecule has 0 spiro atoms. The van der Waals surface area contributed by atoms with E-state index in [1.807, 2.05) is 17.9 Å². The number of nitrogens with zero attached hydrogens (tertiary/aromatic N) is 6. The monoisotopic (exact) mass is 398 g/mol. The summed E-state index contributed by atoms with van der Waals surface area (Å²) >= 11 is 0. The third-order valence-corrected chi connectivity index (χ3v) is 5.46. The van der Waals surface area contributed by atoms with Crippen molar-refractivity contribution in [1.82, 2.24) is 19.8 Å². The lowest BCUT2D eigenvalue weighted by atomic mass is 10.3. The van der Waals surface area contributed by atoms with Crippen LogP contribution in [-0.2, 0) is 4.79 Å². The molecule has 0 N–H and O–H groups in total. The van der Waals surface area contributed by atoms with E-state index in [9.17, 15) is 9.59 Å². The maximum Gasteiger partial charge on any atom is 0.289 e. The van der Waals surface area contributed by atoms with Gasteiger partial charge in [-0.15, -0.1) is 0 Å². The van der Waals surface area contributed by atoms with Crippen LogP contribution in [0, 0.1) is 6.92 Å². The number of rotatable bonds is 3. The number of aryl methyl sites for hydroxylation is 1. The second-order valence-electron chi connectivity index (χ2n) is 7.42. The van der Waals surface area contributed by atoms with Crippen LogP contribution < -0.4 is 9.80 Å². The van der Waals surface area contributed by atoms with Crippen molar-refractivity contribution < 1.29 is 14.0 Å². The molecule has 2 aliphatic heterocycles. The lowest BCUT2D eigenvalue weighted by Gasteiger charge is -2.36. The van der Waals surface area contributed by atoms with E-state index in [-0.39, 0.29) is 11.8 Å². The minimum absolute atomic E-state index is 0.0798. The van der Waals surface area contributed by atoms with E-state index in [4.69, 9.17) is 9.40 Å². The summed E-state index contributed by atoms with van der Waals surface area (Å²) in [5, 5.41) is 0. The molecule has 4 rings (SSSR count). The molecule has 2 aromatic rings. The predicted molar refractivity (Wildman–Crippen MR) is 108 cm³/mol. The van der Waals surface area contributed by atoms with E-state index in [1.165, 1.54) is 6.26 Å². The SMILES string of the molecule is CC(=O)N1CCN(c2cc(C)nc(N3CCN(C(=O)c4ccco4)CC3)n2)CC1. The van der Waals surface area contributed by atoms with Gasteiger partial charge in [0.15, 0.2) is 5.76 Å². The Morgan fingerprint density at radius 1 is 0.931 bits per heavy atom. The Kier molecular flexibility index (Phi) is 5.37. The Morgan fingerprint density at radius 2 is 1.59 bits per heavy atom. The number of carbonyl (C=O) groups is 2. The largest absolute Gasteiger partial charge is 0.459 e. The van der Waals surface area contributed by atoms with E-state index < -0.39 is 0 Å². The standard InChI is InChI=1S/C20H26N6O3/c1-15-14-18(24-7-5-23(6-8-24)16(2)27)22-20(21-15)26-11-9-25(10-12-26)19(28)17-4-3-13-29-17/h3-4,13-14H,5-12H2,1-2H3. The van der Waals surface area contributed by atoms with Crippen molar-refractivity contribution in [2.45, 2.75) is 13.8 Å². The van der Waals surface area contributed by atoms with Crippen LogP contribution in [0.25, 0.3) is 0 Å². The van der Waals surface area contributed by atoms with Gasteiger partial charge in [-0.2, -0.15) is 4.98 Å². The molecule has 2 fully saturated rings. The van der Waals surface area contributed by atoms with Gasteiger partial charge in [-0.1, -0.05) is 0 Å². The Bertz CT molecular complexity index is 868. The van der Waals surface area contributed by atoms with E-state index in [0.717, 1.165) is 24.6 Å². The summed E-state index contributed by atoms with van der Waals surface area (Å²) < 4.78 is 5.22. The molecule has 2 aliphatic rings. The van der Waals surface area contributed by atoms with E-state index in [2.05, 4.69) is 14.8 Å². The quantitative estimate of drug-likeness (QED) is 0.763. The second-order valence-corrected chi connectivity index (χ2v) is 7.42. The molecule has 0 bridgehead atoms. The van der Waals surface area contributed by atoms with Crippen LogP contribution in [0.4, 0.5) is 11.8 Å². The summed E-state index contributed by atoms with van der Waals surface area (Å²) in [6.45, 7) is 9.08. The number of amides is 2. The van der Waals surface area contributed by atoms with Crippen LogP contribution in [0.3, 0.4) is 0 Å². The summed E-state index contributed by atoms with van der Waals surface area (Å²) in [6, 6.07) is 5.40. The number of aromatic nitrogens is 2. The third kappa shape index (κ3) is 4.18. The topological polar surface area (TPSA) is 86.0 Å². The first-order valence-corrected chi connectivity index (χ1v) is 9.95. The fraction of sp³-hybridized carbons (Fsp3) is 0.500. The first kappa shape index (κ1) is 19.2. The number of furan rings is 1. The van der Waals surface area contributed by atoms with Gasteiger partial charge in [0.05, 0.1) is 6.26 Å². The number of hydrogen-bond donors (Lipinski definition) is 0. The molecule has 0 aromatic carbocycles. The van der Waals surface area contributed by atoms with Crippen molar-refractivity contribution in [3.63, 3.8) is 0 Å². The summed E-state index contributed by atoms with van der Waals surface area (Å²) in [5.41, 5.74) is 0.910. The molecule has 0 saturated carbocycles. The van der Waals surface area contributed by atoms with Crippen molar-refractivity contribution in [2.24, 2.45) is 0 Å². The molecule has 9 nitrogen and oxygen atoms in total. The summed E-state index contributed by atoms with van der Waals surface area (Å²) in [7, 11) is 0. The molecule has 154 valence electrons. The highest BCUT2D eigenvalue weighted by molar-refractivity contribution is 5.91. The minimum Gasteiger partial charge on any atom is -0.459 e. The molecule has 0 unspecified atom stereocenters. The molecule has 2 saturated heterocycles. The third-order valence-electron chi connectivity index (χ3n) is 5.46. The number of hydrogen-bond acceptors (Lipinski definition) is 7. The number of carbonyl (C=O) groups excluding carboxylic acids is 2. The van der Waals surface area contributed by atoms with E-state index in [0.29, 0.717) is 51.0 Å². The van der Waals surface area contributed by atoms with Gasteiger partial charge in [-0.3, -0.25) is 9.59 Å². The Hall–Kier alpha value is -3.10. The van der Waals surface area contributed by atoms with Crippen LogP contribution in [0.5, 0.6) is 0 Å². The van der Waals surface area contributed by atoms with Crippen LogP contribution in [0.2, 0.25) is 0 Å². The maximum absolute atomic E-state index is 12.4. The smallest absolute Gasteiger partial charge is 0.289 e. The first-order valence-electron chi connectivity index (χ1n) is 9.95. The van der Waals surface area contributed by atoms with Gasteiger partial charge in [-0.05, 0) is 19.1 Å². The van der Waals surface area contributed by atoms with Gasteiger partial charge >= 0.3 is 0 Å². The lowest BCUT2D eigenvalue weighted by Crippen LogP contribution is -2.50. The van der Waals surface area contributed by atoms with Gasteiger partial charge in [0.1, 0.15) is 5.82 Å². The molecule has 4 heterocycles. The summed E-state index contributed by atoms with van der Waals surface area (Å²) in [4.78, 5) is 41.4. The van der Waals surface area contributed by atoms with Crippen molar-refractivity contribution in [2.75, 3.05) is 62.2 Å². The zero-order valence-electron chi connectivity index (χ0n) is 16.9. The second kappa shape index (κ2) is 8.10. The van der Waals surface area contributed by atoms with Crippen molar-refractivity contribution in [3.05, 3.63) is 35.9 Å². The highest BCUT2D eigenvalue weighted by Crippen LogP contribution is 2.20. The van der Waals surface area contributed by atoms with Crippen molar-refractivity contribution in [3.8, 4) is 0 Å². The van der Waals surface area contributed by atoms with Gasteiger partial charge in [-0.25, -0.2) is 4.98 Å². The molecule has 0 aliphatic carbocycles. The van der Waals surface area contributed by atoms with Gasteiger partial charge in [0.25, 0.3) is 5.91 Å². The zero-order valence-corrected chi connectivity index (χ0v) is 16.9. The highest BCUT2D eigenvalue weighted by atomic mass is 16.3. The molecule has 9 heteroatoms. The minimum atomic E-state index is -0.0798.